The number of thioether (sulfide) groups is 1. The van der Waals surface area contributed by atoms with Crippen LogP contribution in [0.1, 0.15) is 13.3 Å². The highest BCUT2D eigenvalue weighted by molar-refractivity contribution is 8.22. The molecule has 62 valence electrons. The van der Waals surface area contributed by atoms with Crippen molar-refractivity contribution in [2.45, 2.75) is 13.3 Å². The monoisotopic (exact) mass is 190 g/mol. The van der Waals surface area contributed by atoms with Gasteiger partial charge < -0.3 is 4.74 Å². The van der Waals surface area contributed by atoms with Crippen LogP contribution >= 0.6 is 24.0 Å². The molecule has 1 fully saturated rings. The van der Waals surface area contributed by atoms with Crippen LogP contribution in [0.5, 0.6) is 0 Å². The number of ether oxygens (including phenoxy) is 1. The molecule has 1 saturated heterocycles. The Kier molecular flexibility index (Phi) is 2.54. The number of cyclic esters (lactones) is 1. The summed E-state index contributed by atoms with van der Waals surface area (Å²) >= 11 is 6.52. The fourth-order valence-corrected chi connectivity index (χ4v) is 1.84. The molecule has 4 heteroatoms. The molecule has 0 aromatic heterocycles. The third-order valence-corrected chi connectivity index (χ3v) is 3.69. The maximum atomic E-state index is 11.2. The van der Waals surface area contributed by atoms with Gasteiger partial charge in [-0.2, -0.15) is 0 Å². The van der Waals surface area contributed by atoms with Gasteiger partial charge >= 0.3 is 5.97 Å². The lowest BCUT2D eigenvalue weighted by Crippen LogP contribution is -2.28. The Balaban J connectivity index is 2.80. The summed E-state index contributed by atoms with van der Waals surface area (Å²) in [5.74, 6) is -0.170. The molecule has 0 bridgehead atoms. The van der Waals surface area contributed by atoms with Gasteiger partial charge in [-0.05, 0) is 13.2 Å². The summed E-state index contributed by atoms with van der Waals surface area (Å²) in [7, 11) is 0. The third kappa shape index (κ3) is 1.42. The smallest absolute Gasteiger partial charge is 0.317 e. The van der Waals surface area contributed by atoms with Gasteiger partial charge in [0.1, 0.15) is 5.41 Å². The van der Waals surface area contributed by atoms with Crippen LogP contribution in [-0.2, 0) is 9.53 Å². The summed E-state index contributed by atoms with van der Waals surface area (Å²) in [5, 5.41) is 0. The molecule has 0 aliphatic carbocycles. The highest BCUT2D eigenvalue weighted by Crippen LogP contribution is 2.34. The van der Waals surface area contributed by atoms with Gasteiger partial charge in [0.05, 0.1) is 10.8 Å². The van der Waals surface area contributed by atoms with E-state index in [0.717, 1.165) is 10.6 Å². The lowest BCUT2D eigenvalue weighted by molar-refractivity contribution is -0.142. The van der Waals surface area contributed by atoms with E-state index < -0.39 is 5.41 Å². The molecule has 0 aromatic carbocycles. The van der Waals surface area contributed by atoms with E-state index in [4.69, 9.17) is 17.0 Å². The first-order chi connectivity index (χ1) is 5.11. The van der Waals surface area contributed by atoms with E-state index in [-0.39, 0.29) is 5.97 Å². The number of carbonyl (C=O) groups is 1. The van der Waals surface area contributed by atoms with Crippen molar-refractivity contribution >= 4 is 34.1 Å². The number of thiocarbonyl (C=S) groups is 1. The maximum absolute atomic E-state index is 11.2. The molecule has 2 nitrogen and oxygen atoms in total. The third-order valence-electron chi connectivity index (χ3n) is 1.92. The van der Waals surface area contributed by atoms with Crippen molar-refractivity contribution in [3.8, 4) is 0 Å². The predicted molar refractivity (Wildman–Crippen MR) is 49.8 cm³/mol. The van der Waals surface area contributed by atoms with E-state index in [2.05, 4.69) is 0 Å². The molecule has 0 saturated carbocycles. The lowest BCUT2D eigenvalue weighted by Gasteiger charge is -2.17. The molecule has 1 atom stereocenters. The van der Waals surface area contributed by atoms with Crippen molar-refractivity contribution in [2.75, 3.05) is 12.9 Å². The Hall–Kier alpha value is -0.0900. The molecular weight excluding hydrogens is 180 g/mol. The maximum Gasteiger partial charge on any atom is 0.317 e. The minimum Gasteiger partial charge on any atom is -0.465 e. The van der Waals surface area contributed by atoms with Crippen molar-refractivity contribution in [3.05, 3.63) is 0 Å². The van der Waals surface area contributed by atoms with E-state index in [0.29, 0.717) is 6.61 Å². The minimum atomic E-state index is -0.505. The van der Waals surface area contributed by atoms with Gasteiger partial charge in [-0.25, -0.2) is 0 Å². The molecule has 1 unspecified atom stereocenters. The quantitative estimate of drug-likeness (QED) is 0.464. The van der Waals surface area contributed by atoms with Crippen LogP contribution < -0.4 is 0 Å². The first-order valence-electron chi connectivity index (χ1n) is 3.37. The second kappa shape index (κ2) is 3.11. The average Bonchev–Trinajstić information content (AvgIpc) is 2.32. The number of esters is 1. The molecular formula is C7H10O2S2. The van der Waals surface area contributed by atoms with Crippen molar-refractivity contribution < 1.29 is 9.53 Å². The van der Waals surface area contributed by atoms with Gasteiger partial charge in [-0.1, -0.05) is 12.2 Å². The number of hydrogen-bond donors (Lipinski definition) is 0. The Morgan fingerprint density at radius 2 is 2.45 bits per heavy atom. The van der Waals surface area contributed by atoms with E-state index in [1.165, 1.54) is 11.8 Å². The fourth-order valence-electron chi connectivity index (χ4n) is 1.02. The molecule has 0 amide bonds. The van der Waals surface area contributed by atoms with Gasteiger partial charge in [0.2, 0.25) is 0 Å². The van der Waals surface area contributed by atoms with Gasteiger partial charge in [0.25, 0.3) is 0 Å². The lowest BCUT2D eigenvalue weighted by atomic mass is 9.92. The highest BCUT2D eigenvalue weighted by Gasteiger charge is 2.43. The molecule has 0 spiro atoms. The number of rotatable bonds is 1. The Labute approximate surface area is 75.7 Å². The molecule has 0 N–H and O–H groups in total. The fraction of sp³-hybridized carbons (Fsp3) is 0.714. The molecule has 11 heavy (non-hydrogen) atoms. The van der Waals surface area contributed by atoms with Crippen molar-refractivity contribution in [1.82, 2.24) is 0 Å². The van der Waals surface area contributed by atoms with Crippen molar-refractivity contribution in [1.29, 1.82) is 0 Å². The van der Waals surface area contributed by atoms with E-state index in [1.807, 2.05) is 13.2 Å². The Morgan fingerprint density at radius 3 is 2.82 bits per heavy atom. The predicted octanol–water partition coefficient (Wildman–Crippen LogP) is 1.63. The number of carbonyl (C=O) groups excluding carboxylic acids is 1. The van der Waals surface area contributed by atoms with Crippen LogP contribution in [0.15, 0.2) is 0 Å². The summed E-state index contributed by atoms with van der Waals surface area (Å²) < 4.78 is 5.59. The molecule has 0 radical (unpaired) electrons. The van der Waals surface area contributed by atoms with Crippen molar-refractivity contribution in [3.63, 3.8) is 0 Å². The first kappa shape index (κ1) is 9.00. The summed E-state index contributed by atoms with van der Waals surface area (Å²) in [4.78, 5) is 11.2. The Morgan fingerprint density at radius 1 is 1.82 bits per heavy atom. The molecule has 1 aliphatic heterocycles. The van der Waals surface area contributed by atoms with E-state index in [1.54, 1.807) is 0 Å². The summed E-state index contributed by atoms with van der Waals surface area (Å²) in [6.07, 6.45) is 2.62. The first-order valence-corrected chi connectivity index (χ1v) is 5.00. The standard InChI is InChI=1S/C7H10O2S2/c1-7(6(10)11-2)3-4-9-5(7)8/h3-4H2,1-2H3. The highest BCUT2D eigenvalue weighted by atomic mass is 32.2. The minimum absolute atomic E-state index is 0.170. The second-order valence-corrected chi connectivity index (χ2v) is 4.19. The normalized spacial score (nSPS) is 30.2. The van der Waals surface area contributed by atoms with Crippen molar-refractivity contribution in [2.24, 2.45) is 5.41 Å². The van der Waals surface area contributed by atoms with Crippen LogP contribution in [-0.4, -0.2) is 23.0 Å². The molecule has 1 heterocycles. The zero-order chi connectivity index (χ0) is 8.48. The average molecular weight is 190 g/mol. The summed E-state index contributed by atoms with van der Waals surface area (Å²) in [5.41, 5.74) is -0.505. The van der Waals surface area contributed by atoms with E-state index >= 15 is 0 Å². The van der Waals surface area contributed by atoms with Crippen LogP contribution in [0.3, 0.4) is 0 Å². The van der Waals surface area contributed by atoms with Crippen LogP contribution in [0.4, 0.5) is 0 Å². The molecule has 0 aromatic rings. The SMILES string of the molecule is CSC(=S)C1(C)CCOC1=O. The summed E-state index contributed by atoms with van der Waals surface area (Å²) in [6.45, 7) is 2.36. The van der Waals surface area contributed by atoms with E-state index in [9.17, 15) is 4.79 Å². The van der Waals surface area contributed by atoms with Crippen LogP contribution in [0.25, 0.3) is 0 Å². The zero-order valence-electron chi connectivity index (χ0n) is 6.55. The van der Waals surface area contributed by atoms with Gasteiger partial charge in [0, 0.05) is 6.42 Å². The summed E-state index contributed by atoms with van der Waals surface area (Å²) in [6, 6.07) is 0. The molecule has 1 rings (SSSR count). The van der Waals surface area contributed by atoms with Gasteiger partial charge in [-0.3, -0.25) is 4.79 Å². The largest absolute Gasteiger partial charge is 0.465 e. The van der Waals surface area contributed by atoms with Crippen LogP contribution in [0.2, 0.25) is 0 Å². The van der Waals surface area contributed by atoms with Crippen LogP contribution in [0, 0.1) is 5.41 Å². The van der Waals surface area contributed by atoms with Gasteiger partial charge in [-0.15, -0.1) is 11.8 Å². The topological polar surface area (TPSA) is 26.3 Å². The second-order valence-electron chi connectivity index (χ2n) is 2.71. The zero-order valence-corrected chi connectivity index (χ0v) is 8.18. The molecule has 1 aliphatic rings. The number of hydrogen-bond acceptors (Lipinski definition) is 4. The van der Waals surface area contributed by atoms with Gasteiger partial charge in [0.15, 0.2) is 0 Å². The Bertz CT molecular complexity index is 203.